The van der Waals surface area contributed by atoms with Crippen molar-refractivity contribution in [2.75, 3.05) is 13.2 Å². The van der Waals surface area contributed by atoms with Gasteiger partial charge in [0.2, 0.25) is 5.91 Å². The summed E-state index contributed by atoms with van der Waals surface area (Å²) < 4.78 is 5.05. The van der Waals surface area contributed by atoms with Crippen LogP contribution in [0.2, 0.25) is 0 Å². The van der Waals surface area contributed by atoms with Gasteiger partial charge in [0.15, 0.2) is 0 Å². The van der Waals surface area contributed by atoms with Crippen molar-refractivity contribution in [2.24, 2.45) is 0 Å². The summed E-state index contributed by atoms with van der Waals surface area (Å²) in [6.45, 7) is 0.973. The molecule has 1 saturated carbocycles. The molecule has 3 heteroatoms. The SMILES string of the molecule is O=C1COCC2(CC2)N1. The maximum Gasteiger partial charge on any atom is 0.246 e. The van der Waals surface area contributed by atoms with Gasteiger partial charge >= 0.3 is 0 Å². The van der Waals surface area contributed by atoms with Gasteiger partial charge in [-0.1, -0.05) is 0 Å². The molecule has 50 valence electrons. The van der Waals surface area contributed by atoms with E-state index in [1.807, 2.05) is 0 Å². The maximum absolute atomic E-state index is 10.7. The van der Waals surface area contributed by atoms with Gasteiger partial charge in [0.1, 0.15) is 6.61 Å². The number of morpholine rings is 1. The average molecular weight is 127 g/mol. The second kappa shape index (κ2) is 1.48. The number of carbonyl (C=O) groups is 1. The first-order valence-electron chi connectivity index (χ1n) is 3.20. The zero-order chi connectivity index (χ0) is 6.32. The lowest BCUT2D eigenvalue weighted by atomic mass is 10.2. The Morgan fingerprint density at radius 2 is 2.33 bits per heavy atom. The molecular formula is C6H9NO2. The van der Waals surface area contributed by atoms with E-state index in [1.54, 1.807) is 0 Å². The Labute approximate surface area is 53.4 Å². The van der Waals surface area contributed by atoms with E-state index in [2.05, 4.69) is 5.32 Å². The predicted molar refractivity (Wildman–Crippen MR) is 30.9 cm³/mol. The van der Waals surface area contributed by atoms with Crippen molar-refractivity contribution in [1.29, 1.82) is 0 Å². The van der Waals surface area contributed by atoms with Gasteiger partial charge in [0, 0.05) is 0 Å². The van der Waals surface area contributed by atoms with Gasteiger partial charge in [-0.3, -0.25) is 4.79 Å². The number of hydrogen-bond acceptors (Lipinski definition) is 2. The Bertz CT molecular complexity index is 151. The summed E-state index contributed by atoms with van der Waals surface area (Å²) >= 11 is 0. The van der Waals surface area contributed by atoms with Gasteiger partial charge < -0.3 is 10.1 Å². The number of carbonyl (C=O) groups excluding carboxylic acids is 1. The van der Waals surface area contributed by atoms with Crippen LogP contribution in [-0.2, 0) is 9.53 Å². The molecule has 1 saturated heterocycles. The van der Waals surface area contributed by atoms with E-state index in [0.717, 1.165) is 19.4 Å². The minimum atomic E-state index is 0.0405. The number of ether oxygens (including phenoxy) is 1. The third-order valence-electron chi connectivity index (χ3n) is 1.87. The van der Waals surface area contributed by atoms with E-state index in [4.69, 9.17) is 4.74 Å². The van der Waals surface area contributed by atoms with Gasteiger partial charge in [0.05, 0.1) is 12.1 Å². The molecule has 0 aromatic carbocycles. The van der Waals surface area contributed by atoms with Crippen molar-refractivity contribution in [3.63, 3.8) is 0 Å². The number of amides is 1. The molecule has 1 aliphatic carbocycles. The molecule has 2 rings (SSSR count). The molecule has 0 unspecified atom stereocenters. The van der Waals surface area contributed by atoms with E-state index in [9.17, 15) is 4.79 Å². The van der Waals surface area contributed by atoms with E-state index >= 15 is 0 Å². The fourth-order valence-electron chi connectivity index (χ4n) is 1.13. The summed E-state index contributed by atoms with van der Waals surface area (Å²) in [5.74, 6) is 0.0405. The third kappa shape index (κ3) is 0.812. The zero-order valence-corrected chi connectivity index (χ0v) is 5.14. The van der Waals surface area contributed by atoms with Crippen molar-refractivity contribution < 1.29 is 9.53 Å². The molecule has 3 nitrogen and oxygen atoms in total. The summed E-state index contributed by atoms with van der Waals surface area (Å²) in [5, 5.41) is 2.90. The van der Waals surface area contributed by atoms with Crippen LogP contribution in [0.1, 0.15) is 12.8 Å². The van der Waals surface area contributed by atoms with Gasteiger partial charge in [-0.05, 0) is 12.8 Å². The van der Waals surface area contributed by atoms with Crippen LogP contribution in [0.25, 0.3) is 0 Å². The monoisotopic (exact) mass is 127 g/mol. The lowest BCUT2D eigenvalue weighted by molar-refractivity contribution is -0.132. The lowest BCUT2D eigenvalue weighted by Gasteiger charge is -2.22. The molecule has 9 heavy (non-hydrogen) atoms. The van der Waals surface area contributed by atoms with Crippen molar-refractivity contribution in [3.8, 4) is 0 Å². The van der Waals surface area contributed by atoms with Gasteiger partial charge in [-0.15, -0.1) is 0 Å². The fraction of sp³-hybridized carbons (Fsp3) is 0.833. The molecular weight excluding hydrogens is 118 g/mol. The second-order valence-corrected chi connectivity index (χ2v) is 2.82. The first-order valence-corrected chi connectivity index (χ1v) is 3.20. The van der Waals surface area contributed by atoms with E-state index in [0.29, 0.717) is 0 Å². The average Bonchev–Trinajstić information content (AvgIpc) is 2.49. The van der Waals surface area contributed by atoms with Crippen molar-refractivity contribution in [2.45, 2.75) is 18.4 Å². The Morgan fingerprint density at radius 1 is 1.56 bits per heavy atom. The molecule has 1 heterocycles. The molecule has 1 N–H and O–H groups in total. The molecule has 1 aliphatic heterocycles. The Kier molecular flexibility index (Phi) is 0.858. The molecule has 0 bridgehead atoms. The molecule has 2 fully saturated rings. The third-order valence-corrected chi connectivity index (χ3v) is 1.87. The van der Waals surface area contributed by atoms with Crippen LogP contribution >= 0.6 is 0 Å². The van der Waals surface area contributed by atoms with Crippen LogP contribution in [0.3, 0.4) is 0 Å². The smallest absolute Gasteiger partial charge is 0.246 e. The van der Waals surface area contributed by atoms with Crippen LogP contribution in [-0.4, -0.2) is 24.7 Å². The molecule has 2 aliphatic rings. The molecule has 0 aromatic rings. The van der Waals surface area contributed by atoms with Gasteiger partial charge in [0.25, 0.3) is 0 Å². The fourth-order valence-corrected chi connectivity index (χ4v) is 1.13. The van der Waals surface area contributed by atoms with E-state index in [-0.39, 0.29) is 18.1 Å². The molecule has 1 amide bonds. The molecule has 0 aromatic heterocycles. The highest BCUT2D eigenvalue weighted by atomic mass is 16.5. The van der Waals surface area contributed by atoms with Gasteiger partial charge in [-0.25, -0.2) is 0 Å². The van der Waals surface area contributed by atoms with Crippen LogP contribution in [0.5, 0.6) is 0 Å². The summed E-state index contributed by atoms with van der Waals surface area (Å²) in [5.41, 5.74) is 0.0787. The molecule has 1 spiro atoms. The summed E-state index contributed by atoms with van der Waals surface area (Å²) in [6, 6.07) is 0. The Morgan fingerprint density at radius 3 is 2.78 bits per heavy atom. The molecule has 0 radical (unpaired) electrons. The number of rotatable bonds is 0. The van der Waals surface area contributed by atoms with Gasteiger partial charge in [-0.2, -0.15) is 0 Å². The maximum atomic E-state index is 10.7. The predicted octanol–water partition coefficient (Wildman–Crippen LogP) is -0.335. The van der Waals surface area contributed by atoms with Crippen molar-refractivity contribution >= 4 is 5.91 Å². The quantitative estimate of drug-likeness (QED) is 0.483. The normalized spacial score (nSPS) is 30.0. The number of hydrogen-bond donors (Lipinski definition) is 1. The highest BCUT2D eigenvalue weighted by molar-refractivity contribution is 5.79. The van der Waals surface area contributed by atoms with E-state index in [1.165, 1.54) is 0 Å². The topological polar surface area (TPSA) is 38.3 Å². The first-order chi connectivity index (χ1) is 4.31. The largest absolute Gasteiger partial charge is 0.369 e. The Hall–Kier alpha value is -0.570. The van der Waals surface area contributed by atoms with Crippen LogP contribution < -0.4 is 5.32 Å². The van der Waals surface area contributed by atoms with Crippen molar-refractivity contribution in [3.05, 3.63) is 0 Å². The zero-order valence-electron chi connectivity index (χ0n) is 5.14. The summed E-state index contributed by atoms with van der Waals surface area (Å²) in [4.78, 5) is 10.7. The van der Waals surface area contributed by atoms with Crippen LogP contribution in [0, 0.1) is 0 Å². The lowest BCUT2D eigenvalue weighted by Crippen LogP contribution is -2.47. The summed E-state index contributed by atoms with van der Waals surface area (Å²) in [6.07, 6.45) is 2.19. The second-order valence-electron chi connectivity index (χ2n) is 2.82. The highest BCUT2D eigenvalue weighted by Gasteiger charge is 2.46. The minimum Gasteiger partial charge on any atom is -0.369 e. The highest BCUT2D eigenvalue weighted by Crippen LogP contribution is 2.36. The molecule has 0 atom stereocenters. The van der Waals surface area contributed by atoms with Crippen LogP contribution in [0.15, 0.2) is 0 Å². The number of nitrogens with one attached hydrogen (secondary N) is 1. The minimum absolute atomic E-state index is 0.0405. The van der Waals surface area contributed by atoms with Crippen molar-refractivity contribution in [1.82, 2.24) is 5.32 Å². The Balaban J connectivity index is 2.04. The summed E-state index contributed by atoms with van der Waals surface area (Å²) in [7, 11) is 0. The first kappa shape index (κ1) is 5.23. The van der Waals surface area contributed by atoms with Crippen LogP contribution in [0.4, 0.5) is 0 Å². The van der Waals surface area contributed by atoms with E-state index < -0.39 is 0 Å². The standard InChI is InChI=1S/C6H9NO2/c8-5-3-9-4-6(7-5)1-2-6/h1-4H2,(H,7,8).